The predicted molar refractivity (Wildman–Crippen MR) is 97.5 cm³/mol. The molecule has 9 nitrogen and oxygen atoms in total. The third-order valence-electron chi connectivity index (χ3n) is 3.51. The molecule has 1 atom stereocenters. The van der Waals surface area contributed by atoms with E-state index in [1.54, 1.807) is 19.1 Å². The van der Waals surface area contributed by atoms with Gasteiger partial charge in [0.15, 0.2) is 16.7 Å². The van der Waals surface area contributed by atoms with Gasteiger partial charge in [0.25, 0.3) is 0 Å². The molecule has 2 rings (SSSR count). The highest BCUT2D eigenvalue weighted by atomic mass is 32.2. The fraction of sp³-hybridized carbons (Fsp3) is 0.375. The quantitative estimate of drug-likeness (QED) is 0.542. The molecule has 140 valence electrons. The molecule has 0 unspecified atom stereocenters. The number of amidine groups is 1. The van der Waals surface area contributed by atoms with Crippen molar-refractivity contribution >= 4 is 34.5 Å². The fourth-order valence-corrected chi connectivity index (χ4v) is 3.12. The highest BCUT2D eigenvalue weighted by molar-refractivity contribution is 8.15. The number of nitrogens with zero attached hydrogens (tertiary/aromatic N) is 2. The number of hydrogen-bond acceptors (Lipinski definition) is 8. The number of amides is 1. The van der Waals surface area contributed by atoms with Crippen LogP contribution in [0.5, 0.6) is 17.2 Å². The lowest BCUT2D eigenvalue weighted by atomic mass is 10.1. The van der Waals surface area contributed by atoms with Crippen LogP contribution >= 0.6 is 11.8 Å². The average molecular weight is 381 g/mol. The van der Waals surface area contributed by atoms with Gasteiger partial charge in [-0.1, -0.05) is 11.8 Å². The number of ether oxygens (including phenoxy) is 3. The van der Waals surface area contributed by atoms with Crippen molar-refractivity contribution in [3.8, 4) is 17.2 Å². The highest BCUT2D eigenvalue weighted by Gasteiger charge is 2.32. The molecule has 1 fully saturated rings. The first kappa shape index (κ1) is 19.6. The van der Waals surface area contributed by atoms with Crippen LogP contribution in [0.4, 0.5) is 0 Å². The van der Waals surface area contributed by atoms with Crippen molar-refractivity contribution in [2.45, 2.75) is 18.6 Å². The zero-order valence-electron chi connectivity index (χ0n) is 14.7. The normalized spacial score (nSPS) is 18.6. The molecule has 10 heteroatoms. The van der Waals surface area contributed by atoms with E-state index < -0.39 is 17.1 Å². The van der Waals surface area contributed by atoms with E-state index in [9.17, 15) is 9.59 Å². The molecule has 0 radical (unpaired) electrons. The minimum atomic E-state index is -1.05. The van der Waals surface area contributed by atoms with Crippen molar-refractivity contribution in [3.63, 3.8) is 0 Å². The van der Waals surface area contributed by atoms with Crippen molar-refractivity contribution in [1.82, 2.24) is 5.32 Å². The summed E-state index contributed by atoms with van der Waals surface area (Å²) in [5, 5.41) is 18.9. The average Bonchev–Trinajstić information content (AvgIpc) is 2.97. The van der Waals surface area contributed by atoms with Crippen LogP contribution in [0.3, 0.4) is 0 Å². The van der Waals surface area contributed by atoms with E-state index in [0.717, 1.165) is 11.8 Å². The molecule has 0 spiro atoms. The summed E-state index contributed by atoms with van der Waals surface area (Å²) in [5.74, 6) is -0.0102. The highest BCUT2D eigenvalue weighted by Crippen LogP contribution is 2.38. The van der Waals surface area contributed by atoms with Crippen LogP contribution in [-0.4, -0.2) is 54.4 Å². The summed E-state index contributed by atoms with van der Waals surface area (Å²) in [6.45, 7) is 1.74. The zero-order valence-corrected chi connectivity index (χ0v) is 15.5. The molecule has 0 aliphatic carbocycles. The fourth-order valence-electron chi connectivity index (χ4n) is 2.21. The Labute approximate surface area is 154 Å². The first-order chi connectivity index (χ1) is 12.4. The number of rotatable bonds is 7. The molecule has 0 saturated carbocycles. The van der Waals surface area contributed by atoms with Crippen LogP contribution < -0.4 is 19.5 Å². The van der Waals surface area contributed by atoms with Gasteiger partial charge >= 0.3 is 5.97 Å². The van der Waals surface area contributed by atoms with Crippen molar-refractivity contribution in [2.75, 3.05) is 21.3 Å². The number of hydrogen-bond donors (Lipinski definition) is 2. The lowest BCUT2D eigenvalue weighted by molar-refractivity contribution is -0.138. The Morgan fingerprint density at radius 1 is 1.23 bits per heavy atom. The summed E-state index contributed by atoms with van der Waals surface area (Å²) < 4.78 is 15.9. The van der Waals surface area contributed by atoms with Crippen molar-refractivity contribution in [1.29, 1.82) is 0 Å². The Bertz CT molecular complexity index is 752. The molecule has 1 amide bonds. The van der Waals surface area contributed by atoms with E-state index in [-0.39, 0.29) is 11.6 Å². The SMILES string of the molecule is COc1cc(/C(C)=N\N=C2\NC(=O)[C@H](CC(=O)O)S2)cc(OC)c1OC. The van der Waals surface area contributed by atoms with Crippen molar-refractivity contribution in [2.24, 2.45) is 10.2 Å². The molecular formula is C16H19N3O6S. The van der Waals surface area contributed by atoms with Crippen LogP contribution in [0.25, 0.3) is 0 Å². The molecule has 0 aromatic heterocycles. The standard InChI is InChI=1S/C16H19N3O6S/c1-8(9-5-10(23-2)14(25-4)11(6-9)24-3)18-19-16-17-15(22)12(26-16)7-13(20)21/h5-6,12H,7H2,1-4H3,(H,20,21)(H,17,19,22)/b18-8-/t12-/m0/s1. The van der Waals surface area contributed by atoms with E-state index in [4.69, 9.17) is 19.3 Å². The number of nitrogens with one attached hydrogen (secondary N) is 1. The number of aliphatic carboxylic acids is 1. The van der Waals surface area contributed by atoms with E-state index in [1.165, 1.54) is 21.3 Å². The summed E-state index contributed by atoms with van der Waals surface area (Å²) in [4.78, 5) is 22.4. The number of carboxylic acid groups (broad SMARTS) is 1. The Morgan fingerprint density at radius 3 is 2.35 bits per heavy atom. The lowest BCUT2D eigenvalue weighted by Crippen LogP contribution is -2.26. The summed E-state index contributed by atoms with van der Waals surface area (Å²) in [6.07, 6.45) is -0.273. The van der Waals surface area contributed by atoms with Gasteiger partial charge in [0.1, 0.15) is 5.25 Å². The minimum Gasteiger partial charge on any atom is -0.493 e. The number of carbonyl (C=O) groups is 2. The van der Waals surface area contributed by atoms with Crippen LogP contribution in [0.2, 0.25) is 0 Å². The molecule has 26 heavy (non-hydrogen) atoms. The van der Waals surface area contributed by atoms with Gasteiger partial charge in [-0.05, 0) is 19.1 Å². The topological polar surface area (TPSA) is 119 Å². The summed E-state index contributed by atoms with van der Waals surface area (Å²) in [5.41, 5.74) is 1.24. The maximum Gasteiger partial charge on any atom is 0.305 e. The summed E-state index contributed by atoms with van der Waals surface area (Å²) >= 11 is 1.04. The summed E-state index contributed by atoms with van der Waals surface area (Å²) in [7, 11) is 4.54. The number of thioether (sulfide) groups is 1. The Hall–Kier alpha value is -2.75. The zero-order chi connectivity index (χ0) is 19.3. The third-order valence-corrected chi connectivity index (χ3v) is 4.58. The Morgan fingerprint density at radius 2 is 1.85 bits per heavy atom. The molecule has 1 heterocycles. The number of benzene rings is 1. The number of carboxylic acids is 1. The predicted octanol–water partition coefficient (Wildman–Crippen LogP) is 1.50. The van der Waals surface area contributed by atoms with E-state index >= 15 is 0 Å². The van der Waals surface area contributed by atoms with E-state index in [0.29, 0.717) is 28.5 Å². The Kier molecular flexibility index (Phi) is 6.45. The molecule has 1 aliphatic heterocycles. The molecule has 0 bridgehead atoms. The van der Waals surface area contributed by atoms with Gasteiger partial charge in [-0.3, -0.25) is 9.59 Å². The van der Waals surface area contributed by atoms with Crippen LogP contribution in [-0.2, 0) is 9.59 Å². The van der Waals surface area contributed by atoms with Crippen molar-refractivity contribution < 1.29 is 28.9 Å². The smallest absolute Gasteiger partial charge is 0.305 e. The maximum atomic E-state index is 11.7. The van der Waals surface area contributed by atoms with Gasteiger partial charge in [0.2, 0.25) is 11.7 Å². The van der Waals surface area contributed by atoms with Gasteiger partial charge in [0.05, 0.1) is 33.5 Å². The monoisotopic (exact) mass is 381 g/mol. The van der Waals surface area contributed by atoms with Gasteiger partial charge in [-0.2, -0.15) is 5.10 Å². The molecule has 1 aromatic carbocycles. The van der Waals surface area contributed by atoms with Crippen LogP contribution in [0, 0.1) is 0 Å². The van der Waals surface area contributed by atoms with E-state index in [2.05, 4.69) is 15.5 Å². The second-order valence-electron chi connectivity index (χ2n) is 5.20. The molecule has 1 aliphatic rings. The third kappa shape index (κ3) is 4.45. The molecule has 1 aromatic rings. The van der Waals surface area contributed by atoms with Gasteiger partial charge in [-0.15, -0.1) is 5.10 Å². The maximum absolute atomic E-state index is 11.7. The van der Waals surface area contributed by atoms with Gasteiger partial charge in [0, 0.05) is 5.56 Å². The molecule has 1 saturated heterocycles. The second kappa shape index (κ2) is 8.56. The van der Waals surface area contributed by atoms with Crippen LogP contribution in [0.15, 0.2) is 22.3 Å². The minimum absolute atomic E-state index is 0.257. The van der Waals surface area contributed by atoms with Crippen molar-refractivity contribution in [3.05, 3.63) is 17.7 Å². The lowest BCUT2D eigenvalue weighted by Gasteiger charge is -2.13. The van der Waals surface area contributed by atoms with Crippen LogP contribution in [0.1, 0.15) is 18.9 Å². The second-order valence-corrected chi connectivity index (χ2v) is 6.39. The molecule has 2 N–H and O–H groups in total. The number of methoxy groups -OCH3 is 3. The van der Waals surface area contributed by atoms with Gasteiger partial charge in [-0.25, -0.2) is 0 Å². The first-order valence-corrected chi connectivity index (χ1v) is 8.39. The Balaban J connectivity index is 2.25. The number of carbonyl (C=O) groups excluding carboxylic acids is 1. The van der Waals surface area contributed by atoms with E-state index in [1.807, 2.05) is 0 Å². The first-order valence-electron chi connectivity index (χ1n) is 7.51. The summed E-state index contributed by atoms with van der Waals surface area (Å²) in [6, 6.07) is 3.46. The van der Waals surface area contributed by atoms with Gasteiger partial charge < -0.3 is 24.6 Å². The molecular weight excluding hydrogens is 362 g/mol. The largest absolute Gasteiger partial charge is 0.493 e.